The van der Waals surface area contributed by atoms with Crippen LogP contribution in [0.25, 0.3) is 0 Å². The van der Waals surface area contributed by atoms with E-state index in [0.717, 1.165) is 38.1 Å². The SMILES string of the molecule is CC1(C)COc2ccc(C(=O)N3CCC(Cc4ccccc4)CC3)cc2OC1. The Morgan fingerprint density at radius 2 is 1.68 bits per heavy atom. The van der Waals surface area contributed by atoms with Gasteiger partial charge in [0.05, 0.1) is 13.2 Å². The highest BCUT2D eigenvalue weighted by Crippen LogP contribution is 2.35. The number of amides is 1. The van der Waals surface area contributed by atoms with E-state index in [2.05, 4.69) is 44.2 Å². The zero-order chi connectivity index (χ0) is 19.6. The van der Waals surface area contributed by atoms with E-state index in [4.69, 9.17) is 9.47 Å². The van der Waals surface area contributed by atoms with Crippen LogP contribution in [0.15, 0.2) is 48.5 Å². The summed E-state index contributed by atoms with van der Waals surface area (Å²) in [7, 11) is 0. The molecule has 1 fully saturated rings. The number of benzene rings is 2. The first kappa shape index (κ1) is 18.9. The van der Waals surface area contributed by atoms with Gasteiger partial charge in [0.2, 0.25) is 0 Å². The van der Waals surface area contributed by atoms with E-state index in [1.165, 1.54) is 5.56 Å². The first-order valence-corrected chi connectivity index (χ1v) is 10.2. The fourth-order valence-corrected chi connectivity index (χ4v) is 3.93. The number of ether oxygens (including phenoxy) is 2. The molecule has 2 aromatic rings. The van der Waals surface area contributed by atoms with Crippen molar-refractivity contribution in [1.29, 1.82) is 0 Å². The van der Waals surface area contributed by atoms with Gasteiger partial charge in [0.15, 0.2) is 11.5 Å². The fourth-order valence-electron chi connectivity index (χ4n) is 3.93. The number of fused-ring (bicyclic) bond motifs is 1. The van der Waals surface area contributed by atoms with Crippen LogP contribution in [0.2, 0.25) is 0 Å². The minimum atomic E-state index is -0.0379. The Kier molecular flexibility index (Phi) is 5.29. The molecule has 0 N–H and O–H groups in total. The van der Waals surface area contributed by atoms with Gasteiger partial charge in [-0.15, -0.1) is 0 Å². The van der Waals surface area contributed by atoms with Crippen molar-refractivity contribution >= 4 is 5.91 Å². The number of carbonyl (C=O) groups is 1. The lowest BCUT2D eigenvalue weighted by atomic mass is 9.90. The molecule has 2 aromatic carbocycles. The van der Waals surface area contributed by atoms with E-state index >= 15 is 0 Å². The summed E-state index contributed by atoms with van der Waals surface area (Å²) in [6.45, 7) is 7.06. The summed E-state index contributed by atoms with van der Waals surface area (Å²) < 4.78 is 11.8. The molecular weight excluding hydrogens is 350 g/mol. The molecule has 28 heavy (non-hydrogen) atoms. The van der Waals surface area contributed by atoms with Crippen molar-refractivity contribution in [3.05, 3.63) is 59.7 Å². The van der Waals surface area contributed by atoms with Crippen LogP contribution in [-0.2, 0) is 6.42 Å². The third-order valence-electron chi connectivity index (χ3n) is 5.70. The number of hydrogen-bond acceptors (Lipinski definition) is 3. The third kappa shape index (κ3) is 4.32. The zero-order valence-electron chi connectivity index (χ0n) is 16.8. The second-order valence-corrected chi connectivity index (χ2v) is 8.83. The van der Waals surface area contributed by atoms with E-state index < -0.39 is 0 Å². The van der Waals surface area contributed by atoms with Crippen molar-refractivity contribution in [3.63, 3.8) is 0 Å². The average Bonchev–Trinajstić information content (AvgIpc) is 2.87. The summed E-state index contributed by atoms with van der Waals surface area (Å²) in [5, 5.41) is 0. The molecule has 4 heteroatoms. The number of piperidine rings is 1. The second kappa shape index (κ2) is 7.86. The highest BCUT2D eigenvalue weighted by atomic mass is 16.5. The lowest BCUT2D eigenvalue weighted by molar-refractivity contribution is 0.0690. The number of hydrogen-bond donors (Lipinski definition) is 0. The molecule has 0 aliphatic carbocycles. The number of nitrogens with zero attached hydrogens (tertiary/aromatic N) is 1. The van der Waals surface area contributed by atoms with E-state index in [1.54, 1.807) is 0 Å². The van der Waals surface area contributed by atoms with Crippen LogP contribution < -0.4 is 9.47 Å². The van der Waals surface area contributed by atoms with Crippen LogP contribution in [0.5, 0.6) is 11.5 Å². The van der Waals surface area contributed by atoms with Gasteiger partial charge >= 0.3 is 0 Å². The zero-order valence-corrected chi connectivity index (χ0v) is 16.8. The van der Waals surface area contributed by atoms with Gasteiger partial charge in [-0.05, 0) is 48.9 Å². The van der Waals surface area contributed by atoms with Crippen LogP contribution >= 0.6 is 0 Å². The topological polar surface area (TPSA) is 38.8 Å². The molecular formula is C24H29NO3. The molecule has 0 atom stereocenters. The standard InChI is InChI=1S/C24H29NO3/c1-24(2)16-27-21-9-8-20(15-22(21)28-17-24)23(26)25-12-10-19(11-13-25)14-18-6-4-3-5-7-18/h3-9,15,19H,10-14,16-17H2,1-2H3. The molecule has 1 amide bonds. The van der Waals surface area contributed by atoms with Crippen LogP contribution in [-0.4, -0.2) is 37.1 Å². The first-order valence-electron chi connectivity index (χ1n) is 10.2. The Morgan fingerprint density at radius 1 is 1.00 bits per heavy atom. The molecule has 2 aliphatic rings. The van der Waals surface area contributed by atoms with Gasteiger partial charge in [-0.25, -0.2) is 0 Å². The maximum Gasteiger partial charge on any atom is 0.253 e. The second-order valence-electron chi connectivity index (χ2n) is 8.83. The summed E-state index contributed by atoms with van der Waals surface area (Å²) in [6.07, 6.45) is 3.21. The van der Waals surface area contributed by atoms with Gasteiger partial charge in [0.1, 0.15) is 0 Å². The highest BCUT2D eigenvalue weighted by molar-refractivity contribution is 5.95. The van der Waals surface area contributed by atoms with Gasteiger partial charge in [-0.1, -0.05) is 44.2 Å². The van der Waals surface area contributed by atoms with Gasteiger partial charge in [-0.3, -0.25) is 4.79 Å². The van der Waals surface area contributed by atoms with Crippen LogP contribution in [0.4, 0.5) is 0 Å². The monoisotopic (exact) mass is 379 g/mol. The predicted octanol–water partition coefficient (Wildman–Crippen LogP) is 4.58. The van der Waals surface area contributed by atoms with Crippen molar-refractivity contribution in [3.8, 4) is 11.5 Å². The first-order chi connectivity index (χ1) is 13.5. The van der Waals surface area contributed by atoms with Crippen LogP contribution in [0, 0.1) is 11.3 Å². The third-order valence-corrected chi connectivity index (χ3v) is 5.70. The summed E-state index contributed by atoms with van der Waals surface area (Å²) >= 11 is 0. The number of rotatable bonds is 3. The molecule has 4 rings (SSSR count). The minimum Gasteiger partial charge on any atom is -0.489 e. The van der Waals surface area contributed by atoms with Crippen molar-refractivity contribution in [2.75, 3.05) is 26.3 Å². The van der Waals surface area contributed by atoms with Crippen molar-refractivity contribution in [2.45, 2.75) is 33.1 Å². The van der Waals surface area contributed by atoms with Gasteiger partial charge in [-0.2, -0.15) is 0 Å². The lowest BCUT2D eigenvalue weighted by Crippen LogP contribution is -2.38. The smallest absolute Gasteiger partial charge is 0.253 e. The normalized spacial score (nSPS) is 19.1. The summed E-state index contributed by atoms with van der Waals surface area (Å²) in [4.78, 5) is 15.0. The highest BCUT2D eigenvalue weighted by Gasteiger charge is 2.27. The van der Waals surface area contributed by atoms with E-state index in [1.807, 2.05) is 23.1 Å². The lowest BCUT2D eigenvalue weighted by Gasteiger charge is -2.32. The van der Waals surface area contributed by atoms with Crippen LogP contribution in [0.1, 0.15) is 42.6 Å². The molecule has 148 valence electrons. The predicted molar refractivity (Wildman–Crippen MR) is 110 cm³/mol. The van der Waals surface area contributed by atoms with Crippen molar-refractivity contribution in [2.24, 2.45) is 11.3 Å². The molecule has 1 saturated heterocycles. The quantitative estimate of drug-likeness (QED) is 0.784. The Balaban J connectivity index is 1.37. The largest absolute Gasteiger partial charge is 0.489 e. The maximum atomic E-state index is 13.0. The molecule has 0 unspecified atom stereocenters. The summed E-state index contributed by atoms with van der Waals surface area (Å²) in [6, 6.07) is 16.2. The number of likely N-dealkylation sites (tertiary alicyclic amines) is 1. The molecule has 0 radical (unpaired) electrons. The van der Waals surface area contributed by atoms with Crippen LogP contribution in [0.3, 0.4) is 0 Å². The molecule has 0 saturated carbocycles. The Bertz CT molecular complexity index is 823. The van der Waals surface area contributed by atoms with E-state index in [-0.39, 0.29) is 11.3 Å². The summed E-state index contributed by atoms with van der Waals surface area (Å²) in [5.41, 5.74) is 2.03. The Hall–Kier alpha value is -2.49. The molecule has 4 nitrogen and oxygen atoms in total. The Labute approximate surface area is 167 Å². The Morgan fingerprint density at radius 3 is 2.39 bits per heavy atom. The molecule has 2 aliphatic heterocycles. The average molecular weight is 380 g/mol. The van der Waals surface area contributed by atoms with Gasteiger partial charge in [0, 0.05) is 24.1 Å². The van der Waals surface area contributed by atoms with Gasteiger partial charge < -0.3 is 14.4 Å². The van der Waals surface area contributed by atoms with Crippen molar-refractivity contribution < 1.29 is 14.3 Å². The van der Waals surface area contributed by atoms with E-state index in [9.17, 15) is 4.79 Å². The van der Waals surface area contributed by atoms with Crippen molar-refractivity contribution in [1.82, 2.24) is 4.90 Å². The maximum absolute atomic E-state index is 13.0. The molecule has 0 spiro atoms. The minimum absolute atomic E-state index is 0.0379. The van der Waals surface area contributed by atoms with E-state index in [0.29, 0.717) is 30.4 Å². The molecule has 2 heterocycles. The van der Waals surface area contributed by atoms with Gasteiger partial charge in [0.25, 0.3) is 5.91 Å². The fraction of sp³-hybridized carbons (Fsp3) is 0.458. The number of carbonyl (C=O) groups excluding carboxylic acids is 1. The summed E-state index contributed by atoms with van der Waals surface area (Å²) in [5.74, 6) is 2.14. The molecule has 0 bridgehead atoms. The molecule has 0 aromatic heterocycles.